The van der Waals surface area contributed by atoms with Gasteiger partial charge in [-0.05, 0) is 44.2 Å². The van der Waals surface area contributed by atoms with Gasteiger partial charge in [0, 0.05) is 11.6 Å². The van der Waals surface area contributed by atoms with Gasteiger partial charge < -0.3 is 15.4 Å². The van der Waals surface area contributed by atoms with Gasteiger partial charge in [-0.15, -0.1) is 0 Å². The van der Waals surface area contributed by atoms with E-state index >= 15 is 0 Å². The molecule has 2 aromatic carbocycles. The first-order valence-electron chi connectivity index (χ1n) is 7.72. The largest absolute Gasteiger partial charge is 0.479 e. The average Bonchev–Trinajstić information content (AvgIpc) is 2.58. The number of hydrogen-bond acceptors (Lipinski definition) is 3. The molecule has 0 aromatic heterocycles. The quantitative estimate of drug-likeness (QED) is 0.790. The molecule has 132 valence electrons. The fraction of sp³-hybridized carbons (Fsp3) is 0.222. The van der Waals surface area contributed by atoms with E-state index in [1.165, 1.54) is 6.07 Å². The highest BCUT2D eigenvalue weighted by Gasteiger charge is 2.19. The van der Waals surface area contributed by atoms with Crippen molar-refractivity contribution in [1.82, 2.24) is 5.32 Å². The minimum absolute atomic E-state index is 0.257. The lowest BCUT2D eigenvalue weighted by Gasteiger charge is -2.17. The molecule has 25 heavy (non-hydrogen) atoms. The van der Waals surface area contributed by atoms with E-state index in [1.54, 1.807) is 43.3 Å². The van der Waals surface area contributed by atoms with Crippen molar-refractivity contribution < 1.29 is 14.3 Å². The van der Waals surface area contributed by atoms with Crippen molar-refractivity contribution in [1.29, 1.82) is 0 Å². The maximum absolute atomic E-state index is 12.4. The Hall–Kier alpha value is -2.24. The van der Waals surface area contributed by atoms with Gasteiger partial charge in [0.15, 0.2) is 6.10 Å². The Bertz CT molecular complexity index is 781. The van der Waals surface area contributed by atoms with Gasteiger partial charge in [0.2, 0.25) is 0 Å². The summed E-state index contributed by atoms with van der Waals surface area (Å²) in [4.78, 5) is 24.5. The number of benzene rings is 2. The second-order valence-corrected chi connectivity index (χ2v) is 6.07. The molecular formula is C18H18Cl2N2O3. The van der Waals surface area contributed by atoms with Crippen molar-refractivity contribution in [2.24, 2.45) is 0 Å². The number of carbonyl (C=O) groups excluding carboxylic acids is 2. The standard InChI is InChI=1S/C18H18Cl2N2O3/c1-3-21-18(24)13-6-4-5-7-15(13)22-17(23)11(2)25-16-9-8-12(19)10-14(16)20/h4-11H,3H2,1-2H3,(H,21,24)(H,22,23)/t11-/m0/s1. The van der Waals surface area contributed by atoms with Crippen LogP contribution < -0.4 is 15.4 Å². The van der Waals surface area contributed by atoms with Crippen molar-refractivity contribution in [3.63, 3.8) is 0 Å². The molecule has 2 aromatic rings. The molecule has 0 unspecified atom stereocenters. The molecule has 2 amide bonds. The summed E-state index contributed by atoms with van der Waals surface area (Å²) in [7, 11) is 0. The zero-order valence-electron chi connectivity index (χ0n) is 13.8. The van der Waals surface area contributed by atoms with Gasteiger partial charge in [-0.2, -0.15) is 0 Å². The molecule has 0 saturated carbocycles. The van der Waals surface area contributed by atoms with Crippen LogP contribution in [0.2, 0.25) is 10.0 Å². The predicted molar refractivity (Wildman–Crippen MR) is 99.6 cm³/mol. The van der Waals surface area contributed by atoms with E-state index in [0.29, 0.717) is 33.6 Å². The van der Waals surface area contributed by atoms with Crippen molar-refractivity contribution in [3.8, 4) is 5.75 Å². The molecule has 0 fully saturated rings. The van der Waals surface area contributed by atoms with Crippen LogP contribution in [-0.2, 0) is 4.79 Å². The molecule has 0 aliphatic rings. The second kappa shape index (κ2) is 8.74. The number of carbonyl (C=O) groups is 2. The number of ether oxygens (including phenoxy) is 1. The van der Waals surface area contributed by atoms with Crippen molar-refractivity contribution >= 4 is 40.7 Å². The van der Waals surface area contributed by atoms with Gasteiger partial charge >= 0.3 is 0 Å². The zero-order chi connectivity index (χ0) is 18.4. The third-order valence-corrected chi connectivity index (χ3v) is 3.86. The van der Waals surface area contributed by atoms with Crippen molar-refractivity contribution in [2.45, 2.75) is 20.0 Å². The summed E-state index contributed by atoms with van der Waals surface area (Å²) in [5.74, 6) is -0.304. The fourth-order valence-corrected chi connectivity index (χ4v) is 2.55. The first-order valence-corrected chi connectivity index (χ1v) is 8.47. The molecule has 0 aliphatic carbocycles. The first-order chi connectivity index (χ1) is 11.9. The molecule has 0 aliphatic heterocycles. The van der Waals surface area contributed by atoms with Crippen LogP contribution in [0, 0.1) is 0 Å². The number of anilines is 1. The Morgan fingerprint density at radius 3 is 2.56 bits per heavy atom. The highest BCUT2D eigenvalue weighted by molar-refractivity contribution is 6.35. The lowest BCUT2D eigenvalue weighted by Crippen LogP contribution is -2.31. The third kappa shape index (κ3) is 5.11. The summed E-state index contributed by atoms with van der Waals surface area (Å²) < 4.78 is 5.58. The van der Waals surface area contributed by atoms with E-state index in [0.717, 1.165) is 0 Å². The molecule has 2 rings (SSSR count). The molecule has 0 bridgehead atoms. The van der Waals surface area contributed by atoms with E-state index in [9.17, 15) is 9.59 Å². The van der Waals surface area contributed by atoms with E-state index in [4.69, 9.17) is 27.9 Å². The topological polar surface area (TPSA) is 67.4 Å². The Labute approximate surface area is 156 Å². The first kappa shape index (κ1) is 19.1. The molecule has 1 atom stereocenters. The Balaban J connectivity index is 2.10. The highest BCUT2D eigenvalue weighted by Crippen LogP contribution is 2.28. The fourth-order valence-electron chi connectivity index (χ4n) is 2.10. The van der Waals surface area contributed by atoms with Crippen LogP contribution in [0.25, 0.3) is 0 Å². The Kier molecular flexibility index (Phi) is 6.67. The molecule has 0 spiro atoms. The monoisotopic (exact) mass is 380 g/mol. The number of hydrogen-bond donors (Lipinski definition) is 2. The van der Waals surface area contributed by atoms with E-state index in [-0.39, 0.29) is 5.91 Å². The van der Waals surface area contributed by atoms with Gasteiger partial charge in [0.05, 0.1) is 16.3 Å². The molecular weight excluding hydrogens is 363 g/mol. The Morgan fingerprint density at radius 2 is 1.88 bits per heavy atom. The third-order valence-electron chi connectivity index (χ3n) is 3.33. The molecule has 0 saturated heterocycles. The van der Waals surface area contributed by atoms with Crippen LogP contribution in [0.15, 0.2) is 42.5 Å². The maximum Gasteiger partial charge on any atom is 0.265 e. The van der Waals surface area contributed by atoms with E-state index < -0.39 is 12.0 Å². The summed E-state index contributed by atoms with van der Waals surface area (Å²) >= 11 is 11.9. The second-order valence-electron chi connectivity index (χ2n) is 5.23. The van der Waals surface area contributed by atoms with Gasteiger partial charge in [0.25, 0.3) is 11.8 Å². The number of para-hydroxylation sites is 1. The van der Waals surface area contributed by atoms with Gasteiger partial charge in [0.1, 0.15) is 5.75 Å². The van der Waals surface area contributed by atoms with Crippen LogP contribution in [0.5, 0.6) is 5.75 Å². The summed E-state index contributed by atoms with van der Waals surface area (Å²) in [6.07, 6.45) is -0.819. The summed E-state index contributed by atoms with van der Waals surface area (Å²) in [6.45, 7) is 3.91. The van der Waals surface area contributed by atoms with Crippen LogP contribution in [0.1, 0.15) is 24.2 Å². The predicted octanol–water partition coefficient (Wildman–Crippen LogP) is 4.15. The summed E-state index contributed by atoms with van der Waals surface area (Å²) in [5, 5.41) is 6.20. The average molecular weight is 381 g/mol. The summed E-state index contributed by atoms with van der Waals surface area (Å²) in [5.41, 5.74) is 0.797. The van der Waals surface area contributed by atoms with Crippen LogP contribution in [-0.4, -0.2) is 24.5 Å². The van der Waals surface area contributed by atoms with Crippen molar-refractivity contribution in [3.05, 3.63) is 58.1 Å². The number of amides is 2. The SMILES string of the molecule is CCNC(=O)c1ccccc1NC(=O)[C@H](C)Oc1ccc(Cl)cc1Cl. The Morgan fingerprint density at radius 1 is 1.16 bits per heavy atom. The minimum Gasteiger partial charge on any atom is -0.479 e. The van der Waals surface area contributed by atoms with E-state index in [2.05, 4.69) is 10.6 Å². The van der Waals surface area contributed by atoms with Crippen LogP contribution in [0.4, 0.5) is 5.69 Å². The molecule has 2 N–H and O–H groups in total. The molecule has 5 nitrogen and oxygen atoms in total. The smallest absolute Gasteiger partial charge is 0.265 e. The number of rotatable bonds is 6. The van der Waals surface area contributed by atoms with E-state index in [1.807, 2.05) is 6.92 Å². The van der Waals surface area contributed by atoms with Crippen LogP contribution in [0.3, 0.4) is 0 Å². The lowest BCUT2D eigenvalue weighted by molar-refractivity contribution is -0.122. The lowest BCUT2D eigenvalue weighted by atomic mass is 10.1. The zero-order valence-corrected chi connectivity index (χ0v) is 15.3. The molecule has 7 heteroatoms. The number of nitrogens with one attached hydrogen (secondary N) is 2. The van der Waals surface area contributed by atoms with Crippen LogP contribution >= 0.6 is 23.2 Å². The highest BCUT2D eigenvalue weighted by atomic mass is 35.5. The summed E-state index contributed by atoms with van der Waals surface area (Å²) in [6, 6.07) is 11.5. The number of halogens is 2. The van der Waals surface area contributed by atoms with Gasteiger partial charge in [-0.1, -0.05) is 35.3 Å². The van der Waals surface area contributed by atoms with Gasteiger partial charge in [-0.25, -0.2) is 0 Å². The maximum atomic E-state index is 12.4. The molecule has 0 heterocycles. The van der Waals surface area contributed by atoms with Gasteiger partial charge in [-0.3, -0.25) is 9.59 Å². The normalized spacial score (nSPS) is 11.5. The minimum atomic E-state index is -0.819. The molecule has 0 radical (unpaired) electrons. The van der Waals surface area contributed by atoms with Crippen molar-refractivity contribution in [2.75, 3.05) is 11.9 Å².